The first-order chi connectivity index (χ1) is 13.2. The van der Waals surface area contributed by atoms with E-state index in [0.29, 0.717) is 19.1 Å². The number of likely N-dealkylation sites (N-methyl/N-ethyl adjacent to an activating group) is 1. The largest absolute Gasteiger partial charge is 0.356 e. The van der Waals surface area contributed by atoms with E-state index in [1.165, 1.54) is 32.1 Å². The van der Waals surface area contributed by atoms with Gasteiger partial charge in [-0.2, -0.15) is 0 Å². The number of anilines is 1. The Kier molecular flexibility index (Phi) is 7.47. The number of aromatic nitrogens is 1. The van der Waals surface area contributed by atoms with E-state index in [1.807, 2.05) is 12.3 Å². The number of piperazine rings is 1. The van der Waals surface area contributed by atoms with Crippen molar-refractivity contribution in [1.82, 2.24) is 20.1 Å². The van der Waals surface area contributed by atoms with Gasteiger partial charge in [-0.05, 0) is 25.5 Å². The highest BCUT2D eigenvalue weighted by molar-refractivity contribution is 5.78. The fourth-order valence-corrected chi connectivity index (χ4v) is 4.24. The van der Waals surface area contributed by atoms with Crippen LogP contribution in [0.5, 0.6) is 0 Å². The molecule has 1 saturated heterocycles. The molecule has 2 fully saturated rings. The molecule has 27 heavy (non-hydrogen) atoms. The average molecular weight is 374 g/mol. The Hall–Kier alpha value is -1.66. The molecule has 0 aromatic carbocycles. The number of carbonyl (C=O) groups is 1. The molecule has 0 bridgehead atoms. The minimum Gasteiger partial charge on any atom is -0.356 e. The Bertz CT molecular complexity index is 594. The molecular formula is C21H35N5O. The van der Waals surface area contributed by atoms with Crippen LogP contribution in [0.3, 0.4) is 0 Å². The zero-order valence-corrected chi connectivity index (χ0v) is 17.0. The van der Waals surface area contributed by atoms with Crippen LogP contribution in [0.1, 0.15) is 44.6 Å². The second-order valence-electron chi connectivity index (χ2n) is 7.88. The summed E-state index contributed by atoms with van der Waals surface area (Å²) in [5.41, 5.74) is 1.11. The molecule has 0 unspecified atom stereocenters. The van der Waals surface area contributed by atoms with Crippen molar-refractivity contribution in [1.29, 1.82) is 0 Å². The van der Waals surface area contributed by atoms with Gasteiger partial charge in [-0.1, -0.05) is 32.3 Å². The van der Waals surface area contributed by atoms with Crippen LogP contribution < -0.4 is 10.2 Å². The molecule has 1 saturated carbocycles. The van der Waals surface area contributed by atoms with Crippen molar-refractivity contribution in [2.45, 2.75) is 51.6 Å². The molecule has 1 N–H and O–H groups in total. The van der Waals surface area contributed by atoms with Crippen LogP contribution in [0.4, 0.5) is 5.82 Å². The molecule has 0 atom stereocenters. The second-order valence-corrected chi connectivity index (χ2v) is 7.88. The van der Waals surface area contributed by atoms with Gasteiger partial charge in [-0.15, -0.1) is 0 Å². The standard InChI is InChI=1S/C21H35N5O/c1-3-25-12-14-26(15-13-25)17-20(27)23-16-18-8-7-11-22-21(18)24(2)19-9-5-4-6-10-19/h7-8,11,19H,3-6,9-10,12-17H2,1-2H3,(H,23,27). The predicted molar refractivity (Wildman–Crippen MR) is 110 cm³/mol. The average Bonchev–Trinajstić information content (AvgIpc) is 2.73. The number of hydrogen-bond acceptors (Lipinski definition) is 5. The molecule has 6 nitrogen and oxygen atoms in total. The number of carbonyl (C=O) groups excluding carboxylic acids is 1. The Morgan fingerprint density at radius 2 is 1.89 bits per heavy atom. The molecule has 0 spiro atoms. The first kappa shape index (κ1) is 20.1. The number of nitrogens with one attached hydrogen (secondary N) is 1. The number of rotatable bonds is 7. The van der Waals surface area contributed by atoms with Gasteiger partial charge in [0.15, 0.2) is 0 Å². The number of nitrogens with zero attached hydrogens (tertiary/aromatic N) is 4. The van der Waals surface area contributed by atoms with E-state index in [2.05, 4.69) is 45.0 Å². The highest BCUT2D eigenvalue weighted by Crippen LogP contribution is 2.26. The molecule has 2 aliphatic rings. The van der Waals surface area contributed by atoms with E-state index < -0.39 is 0 Å². The lowest BCUT2D eigenvalue weighted by Gasteiger charge is -2.34. The van der Waals surface area contributed by atoms with Gasteiger partial charge >= 0.3 is 0 Å². The molecular weight excluding hydrogens is 338 g/mol. The van der Waals surface area contributed by atoms with E-state index in [-0.39, 0.29) is 5.91 Å². The van der Waals surface area contributed by atoms with Crippen LogP contribution in [0.2, 0.25) is 0 Å². The summed E-state index contributed by atoms with van der Waals surface area (Å²) in [6.45, 7) is 8.40. The van der Waals surface area contributed by atoms with E-state index in [1.54, 1.807) is 0 Å². The Morgan fingerprint density at radius 1 is 1.19 bits per heavy atom. The Labute approximate surface area is 163 Å². The van der Waals surface area contributed by atoms with Gasteiger partial charge in [0.1, 0.15) is 5.82 Å². The lowest BCUT2D eigenvalue weighted by molar-refractivity contribution is -0.122. The molecule has 1 aromatic rings. The van der Waals surface area contributed by atoms with Crippen LogP contribution >= 0.6 is 0 Å². The molecule has 6 heteroatoms. The van der Waals surface area contributed by atoms with Crippen LogP contribution in [-0.4, -0.2) is 73.0 Å². The smallest absolute Gasteiger partial charge is 0.234 e. The maximum Gasteiger partial charge on any atom is 0.234 e. The highest BCUT2D eigenvalue weighted by Gasteiger charge is 2.22. The van der Waals surface area contributed by atoms with Crippen molar-refractivity contribution >= 4 is 11.7 Å². The quantitative estimate of drug-likeness (QED) is 0.793. The Morgan fingerprint density at radius 3 is 2.59 bits per heavy atom. The molecule has 1 aliphatic heterocycles. The van der Waals surface area contributed by atoms with Crippen molar-refractivity contribution in [3.63, 3.8) is 0 Å². The minimum atomic E-state index is 0.107. The topological polar surface area (TPSA) is 51.7 Å². The minimum absolute atomic E-state index is 0.107. The fraction of sp³-hybridized carbons (Fsp3) is 0.714. The zero-order valence-electron chi connectivity index (χ0n) is 17.0. The summed E-state index contributed by atoms with van der Waals surface area (Å²) in [5.74, 6) is 1.12. The van der Waals surface area contributed by atoms with E-state index in [4.69, 9.17) is 0 Å². The number of pyridine rings is 1. The monoisotopic (exact) mass is 373 g/mol. The number of amides is 1. The maximum atomic E-state index is 12.4. The van der Waals surface area contributed by atoms with E-state index >= 15 is 0 Å². The second kappa shape index (κ2) is 10.0. The number of hydrogen-bond donors (Lipinski definition) is 1. The van der Waals surface area contributed by atoms with Crippen molar-refractivity contribution in [3.8, 4) is 0 Å². The van der Waals surface area contributed by atoms with Gasteiger partial charge in [0, 0.05) is 57.6 Å². The van der Waals surface area contributed by atoms with Crippen molar-refractivity contribution < 1.29 is 4.79 Å². The van der Waals surface area contributed by atoms with Crippen molar-refractivity contribution in [2.75, 3.05) is 51.2 Å². The fourth-order valence-electron chi connectivity index (χ4n) is 4.24. The van der Waals surface area contributed by atoms with Gasteiger partial charge in [0.2, 0.25) is 5.91 Å². The first-order valence-corrected chi connectivity index (χ1v) is 10.6. The normalized spacial score (nSPS) is 19.8. The lowest BCUT2D eigenvalue weighted by Crippen LogP contribution is -2.49. The third kappa shape index (κ3) is 5.66. The third-order valence-electron chi connectivity index (χ3n) is 6.08. The van der Waals surface area contributed by atoms with Crippen molar-refractivity contribution in [3.05, 3.63) is 23.9 Å². The van der Waals surface area contributed by atoms with Crippen LogP contribution in [0.25, 0.3) is 0 Å². The molecule has 1 aromatic heterocycles. The molecule has 3 rings (SSSR count). The van der Waals surface area contributed by atoms with Gasteiger partial charge in [0.05, 0.1) is 6.54 Å². The van der Waals surface area contributed by atoms with Gasteiger partial charge in [0.25, 0.3) is 0 Å². The summed E-state index contributed by atoms with van der Waals surface area (Å²) in [4.78, 5) is 24.0. The van der Waals surface area contributed by atoms with Gasteiger partial charge < -0.3 is 15.1 Å². The highest BCUT2D eigenvalue weighted by atomic mass is 16.2. The lowest BCUT2D eigenvalue weighted by atomic mass is 9.94. The molecule has 0 radical (unpaired) electrons. The Balaban J connectivity index is 1.51. The molecule has 1 aliphatic carbocycles. The molecule has 1 amide bonds. The molecule has 2 heterocycles. The SMILES string of the molecule is CCN1CCN(CC(=O)NCc2cccnc2N(C)C2CCCCC2)CC1. The van der Waals surface area contributed by atoms with Crippen LogP contribution in [0.15, 0.2) is 18.3 Å². The zero-order chi connectivity index (χ0) is 19.1. The summed E-state index contributed by atoms with van der Waals surface area (Å²) < 4.78 is 0. The van der Waals surface area contributed by atoms with Crippen LogP contribution in [-0.2, 0) is 11.3 Å². The summed E-state index contributed by atoms with van der Waals surface area (Å²) in [6.07, 6.45) is 8.29. The van der Waals surface area contributed by atoms with Gasteiger partial charge in [-0.3, -0.25) is 9.69 Å². The van der Waals surface area contributed by atoms with Gasteiger partial charge in [-0.25, -0.2) is 4.98 Å². The third-order valence-corrected chi connectivity index (χ3v) is 6.08. The molecule has 150 valence electrons. The summed E-state index contributed by atoms with van der Waals surface area (Å²) in [6, 6.07) is 4.61. The van der Waals surface area contributed by atoms with E-state index in [9.17, 15) is 4.79 Å². The summed E-state index contributed by atoms with van der Waals surface area (Å²) >= 11 is 0. The predicted octanol–water partition coefficient (Wildman–Crippen LogP) is 2.10. The summed E-state index contributed by atoms with van der Waals surface area (Å²) in [7, 11) is 2.15. The first-order valence-electron chi connectivity index (χ1n) is 10.6. The summed E-state index contributed by atoms with van der Waals surface area (Å²) in [5, 5.41) is 3.11. The van der Waals surface area contributed by atoms with E-state index in [0.717, 1.165) is 44.1 Å². The maximum absolute atomic E-state index is 12.4. The van der Waals surface area contributed by atoms with Crippen LogP contribution in [0, 0.1) is 0 Å². The van der Waals surface area contributed by atoms with Crippen molar-refractivity contribution in [2.24, 2.45) is 0 Å².